The highest BCUT2D eigenvalue weighted by Crippen LogP contribution is 2.32. The van der Waals surface area contributed by atoms with Gasteiger partial charge in [0.25, 0.3) is 0 Å². The van der Waals surface area contributed by atoms with Gasteiger partial charge in [-0.3, -0.25) is 14.1 Å². The van der Waals surface area contributed by atoms with E-state index in [9.17, 15) is 13.2 Å². The van der Waals surface area contributed by atoms with Gasteiger partial charge in [0, 0.05) is 46.9 Å². The smallest absolute Gasteiger partial charge is 0.406 e. The second-order valence-electron chi connectivity index (χ2n) is 11.8. The molecule has 4 heterocycles. The Labute approximate surface area is 270 Å². The SMILES string of the molecule is CN(c1cnc2c(c1)nc(N(COCC[Si](C)(C)C)c1ccc(OC(F)(F)F)cc1)n2C)c1ccnc(Nc2cnn(CC#N)c2)n1. The minimum atomic E-state index is -4.79. The number of nitrogens with zero attached hydrogens (tertiary/aromatic N) is 10. The van der Waals surface area contributed by atoms with E-state index in [0.717, 1.165) is 6.04 Å². The number of alkyl halides is 3. The molecule has 0 aliphatic carbocycles. The molecule has 0 radical (unpaired) electrons. The van der Waals surface area contributed by atoms with Crippen molar-refractivity contribution >= 4 is 54.0 Å². The lowest BCUT2D eigenvalue weighted by Crippen LogP contribution is -2.27. The molecule has 0 aliphatic rings. The van der Waals surface area contributed by atoms with Crippen molar-refractivity contribution in [1.29, 1.82) is 5.26 Å². The van der Waals surface area contributed by atoms with Crippen molar-refractivity contribution in [3.63, 3.8) is 0 Å². The Bertz CT molecular complexity index is 1860. The predicted octanol–water partition coefficient (Wildman–Crippen LogP) is 6.34. The van der Waals surface area contributed by atoms with Gasteiger partial charge in [0.2, 0.25) is 11.9 Å². The second kappa shape index (κ2) is 13.6. The first kappa shape index (κ1) is 33.2. The summed E-state index contributed by atoms with van der Waals surface area (Å²) >= 11 is 0. The monoisotopic (exact) mass is 665 g/mol. The molecular weight excluding hydrogens is 631 g/mol. The van der Waals surface area contributed by atoms with E-state index in [4.69, 9.17) is 15.0 Å². The number of imidazole rings is 1. The minimum absolute atomic E-state index is 0.125. The summed E-state index contributed by atoms with van der Waals surface area (Å²) in [6.07, 6.45) is 1.80. The van der Waals surface area contributed by atoms with Crippen LogP contribution in [-0.2, 0) is 18.3 Å². The molecule has 5 rings (SSSR count). The molecule has 1 aromatic carbocycles. The van der Waals surface area contributed by atoms with E-state index in [1.54, 1.807) is 40.3 Å². The third-order valence-electron chi connectivity index (χ3n) is 7.01. The Morgan fingerprint density at radius 2 is 1.81 bits per heavy atom. The summed E-state index contributed by atoms with van der Waals surface area (Å²) in [4.78, 5) is 22.0. The van der Waals surface area contributed by atoms with Crippen LogP contribution in [0.5, 0.6) is 5.75 Å². The molecule has 0 atom stereocenters. The molecule has 0 saturated heterocycles. The van der Waals surface area contributed by atoms with Gasteiger partial charge in [0.15, 0.2) is 5.65 Å². The molecule has 0 spiro atoms. The molecule has 13 nitrogen and oxygen atoms in total. The molecule has 0 unspecified atom stereocenters. The van der Waals surface area contributed by atoms with E-state index in [2.05, 4.69) is 49.7 Å². The number of fused-ring (bicyclic) bond motifs is 1. The third kappa shape index (κ3) is 8.54. The highest BCUT2D eigenvalue weighted by Gasteiger charge is 2.31. The highest BCUT2D eigenvalue weighted by atomic mass is 28.3. The van der Waals surface area contributed by atoms with E-state index in [0.29, 0.717) is 52.5 Å². The van der Waals surface area contributed by atoms with E-state index >= 15 is 0 Å². The highest BCUT2D eigenvalue weighted by molar-refractivity contribution is 6.76. The molecule has 17 heteroatoms. The summed E-state index contributed by atoms with van der Waals surface area (Å²) in [6.45, 7) is 7.56. The van der Waals surface area contributed by atoms with Crippen LogP contribution in [0, 0.1) is 11.3 Å². The second-order valence-corrected chi connectivity index (χ2v) is 17.5. The molecule has 0 saturated carbocycles. The number of anilines is 6. The van der Waals surface area contributed by atoms with Crippen molar-refractivity contribution in [2.75, 3.05) is 35.5 Å². The Balaban J connectivity index is 1.40. The van der Waals surface area contributed by atoms with Gasteiger partial charge < -0.3 is 19.7 Å². The van der Waals surface area contributed by atoms with Crippen LogP contribution in [0.4, 0.5) is 47.9 Å². The number of aryl methyl sites for hydroxylation is 1. The number of pyridine rings is 1. The van der Waals surface area contributed by atoms with Crippen LogP contribution in [-0.4, -0.2) is 69.1 Å². The number of benzene rings is 1. The zero-order valence-corrected chi connectivity index (χ0v) is 27.5. The van der Waals surface area contributed by atoms with Crippen molar-refractivity contribution in [2.45, 2.75) is 38.6 Å². The largest absolute Gasteiger partial charge is 0.573 e. The van der Waals surface area contributed by atoms with Crippen LogP contribution in [0.3, 0.4) is 0 Å². The zero-order valence-electron chi connectivity index (χ0n) is 26.5. The van der Waals surface area contributed by atoms with Gasteiger partial charge in [-0.05, 0) is 42.4 Å². The molecule has 0 aliphatic heterocycles. The van der Waals surface area contributed by atoms with Crippen LogP contribution in [0.15, 0.2) is 61.2 Å². The van der Waals surface area contributed by atoms with Crippen molar-refractivity contribution in [3.8, 4) is 11.8 Å². The summed E-state index contributed by atoms with van der Waals surface area (Å²) in [6, 6.07) is 12.2. The van der Waals surface area contributed by atoms with Crippen molar-refractivity contribution in [1.82, 2.24) is 34.3 Å². The normalized spacial score (nSPS) is 11.8. The maximum atomic E-state index is 12.8. The standard InChI is InChI=1S/C30H34F3N11O2Si/c1-41(26-10-12-35-28(40-26)38-21-17-37-43(19-21)13-11-34)23-16-25-27(36-18-23)42(2)29(39-25)44(20-45-14-15-47(3,4)5)22-6-8-24(9-7-22)46-30(31,32)33/h6-10,12,16-19H,13-15,20H2,1-5H3,(H,35,38,40). The summed E-state index contributed by atoms with van der Waals surface area (Å²) in [5.41, 5.74) is 3.11. The Kier molecular flexibility index (Phi) is 9.63. The molecule has 0 fully saturated rings. The predicted molar refractivity (Wildman–Crippen MR) is 174 cm³/mol. The van der Waals surface area contributed by atoms with Gasteiger partial charge in [-0.2, -0.15) is 15.3 Å². The number of nitrogens with one attached hydrogen (secondary N) is 1. The molecule has 4 aromatic heterocycles. The van der Waals surface area contributed by atoms with Gasteiger partial charge in [0.05, 0.1) is 29.8 Å². The minimum Gasteiger partial charge on any atom is -0.406 e. The molecule has 1 N–H and O–H groups in total. The zero-order chi connectivity index (χ0) is 33.8. The molecule has 0 bridgehead atoms. The number of ether oxygens (including phenoxy) is 2. The lowest BCUT2D eigenvalue weighted by atomic mass is 10.3. The molecule has 5 aromatic rings. The summed E-state index contributed by atoms with van der Waals surface area (Å²) < 4.78 is 51.7. The average Bonchev–Trinajstić information content (AvgIpc) is 3.59. The Hall–Kier alpha value is -5.21. The average molecular weight is 666 g/mol. The lowest BCUT2D eigenvalue weighted by molar-refractivity contribution is -0.274. The fraction of sp³-hybridized carbons (Fsp3) is 0.333. The van der Waals surface area contributed by atoms with Crippen LogP contribution < -0.4 is 19.9 Å². The Morgan fingerprint density at radius 3 is 2.51 bits per heavy atom. The van der Waals surface area contributed by atoms with Gasteiger partial charge in [-0.1, -0.05) is 19.6 Å². The number of hydrogen-bond donors (Lipinski definition) is 1. The van der Waals surface area contributed by atoms with Gasteiger partial charge in [-0.15, -0.1) is 13.2 Å². The molecule has 0 amide bonds. The van der Waals surface area contributed by atoms with E-state index in [1.807, 2.05) is 31.1 Å². The first-order valence-corrected chi connectivity index (χ1v) is 18.3. The van der Waals surface area contributed by atoms with E-state index < -0.39 is 14.4 Å². The van der Waals surface area contributed by atoms with Crippen LogP contribution in [0.25, 0.3) is 11.2 Å². The van der Waals surface area contributed by atoms with E-state index in [1.165, 1.54) is 28.9 Å². The first-order chi connectivity index (χ1) is 22.3. The lowest BCUT2D eigenvalue weighted by Gasteiger charge is -2.25. The molecule has 246 valence electrons. The number of nitriles is 1. The van der Waals surface area contributed by atoms with E-state index in [-0.39, 0.29) is 19.0 Å². The number of halogens is 3. The maximum absolute atomic E-state index is 12.8. The van der Waals surface area contributed by atoms with Crippen LogP contribution in [0.2, 0.25) is 25.7 Å². The summed E-state index contributed by atoms with van der Waals surface area (Å²) in [5, 5.41) is 16.1. The quantitative estimate of drug-likeness (QED) is 0.0858. The fourth-order valence-corrected chi connectivity index (χ4v) is 5.29. The van der Waals surface area contributed by atoms with Crippen molar-refractivity contribution < 1.29 is 22.6 Å². The Morgan fingerprint density at radius 1 is 1.04 bits per heavy atom. The fourth-order valence-electron chi connectivity index (χ4n) is 4.53. The summed E-state index contributed by atoms with van der Waals surface area (Å²) in [7, 11) is 2.30. The molecule has 47 heavy (non-hydrogen) atoms. The third-order valence-corrected chi connectivity index (χ3v) is 8.71. The topological polar surface area (TPSA) is 135 Å². The van der Waals surface area contributed by atoms with Crippen LogP contribution in [0.1, 0.15) is 0 Å². The van der Waals surface area contributed by atoms with Gasteiger partial charge >= 0.3 is 6.36 Å². The first-order valence-electron chi connectivity index (χ1n) is 14.6. The number of hydrogen-bond acceptors (Lipinski definition) is 11. The number of rotatable bonds is 13. The van der Waals surface area contributed by atoms with Crippen LogP contribution >= 0.6 is 0 Å². The maximum Gasteiger partial charge on any atom is 0.573 e. The summed E-state index contributed by atoms with van der Waals surface area (Å²) in [5.74, 6) is 1.10. The number of aromatic nitrogens is 7. The van der Waals surface area contributed by atoms with Gasteiger partial charge in [0.1, 0.15) is 30.4 Å². The van der Waals surface area contributed by atoms with Gasteiger partial charge in [-0.25, -0.2) is 15.0 Å². The molecular formula is C30H34F3N11O2Si. The van der Waals surface area contributed by atoms with Crippen molar-refractivity contribution in [2.24, 2.45) is 7.05 Å². The van der Waals surface area contributed by atoms with Crippen molar-refractivity contribution in [3.05, 3.63) is 61.2 Å².